The molecule has 3 aromatic carbocycles. The molecule has 0 spiro atoms. The summed E-state index contributed by atoms with van der Waals surface area (Å²) in [5.74, 6) is -4.09. The average molecular weight is 587 g/mol. The highest BCUT2D eigenvalue weighted by Crippen LogP contribution is 2.61. The van der Waals surface area contributed by atoms with E-state index in [1.54, 1.807) is 17.5 Å². The number of carbonyl (C=O) groups excluding carboxylic acids is 4. The van der Waals surface area contributed by atoms with Crippen LogP contribution in [0.2, 0.25) is 10.0 Å². The van der Waals surface area contributed by atoms with Crippen LogP contribution in [-0.4, -0.2) is 40.1 Å². The van der Waals surface area contributed by atoms with E-state index in [0.29, 0.717) is 4.88 Å². The van der Waals surface area contributed by atoms with Crippen molar-refractivity contribution in [3.8, 4) is 0 Å². The van der Waals surface area contributed by atoms with Crippen molar-refractivity contribution in [3.63, 3.8) is 0 Å². The average Bonchev–Trinajstić information content (AvgIpc) is 3.60. The lowest BCUT2D eigenvalue weighted by molar-refractivity contribution is -0.154. The fraction of sp³-hybridized carbons (Fsp3) is 0.161. The van der Waals surface area contributed by atoms with Crippen molar-refractivity contribution in [1.82, 2.24) is 10.0 Å². The Morgan fingerprint density at radius 2 is 1.30 bits per heavy atom. The standard InChI is InChI=1S/C31H20Cl2N2O4S/c32-21-12-11-16(14-22(21)33)29(37)34(15-23(36)24-10-5-13-40-24)35-30(38)27-25-17-6-1-2-7-18(17)26(28(27)31(35)39)20-9-4-3-8-19(20)25/h1-14,25-28H,15H2/t25?,26?,27-,28+. The van der Waals surface area contributed by atoms with E-state index in [9.17, 15) is 19.2 Å². The number of nitrogens with zero attached hydrogens (tertiary/aromatic N) is 2. The van der Waals surface area contributed by atoms with Gasteiger partial charge in [0.25, 0.3) is 17.7 Å². The van der Waals surface area contributed by atoms with Crippen molar-refractivity contribution in [2.45, 2.75) is 11.8 Å². The second-order valence-corrected chi connectivity index (χ2v) is 11.9. The quantitative estimate of drug-likeness (QED) is 0.206. The summed E-state index contributed by atoms with van der Waals surface area (Å²) in [6.07, 6.45) is 0. The van der Waals surface area contributed by atoms with Crippen molar-refractivity contribution < 1.29 is 19.2 Å². The van der Waals surface area contributed by atoms with Gasteiger partial charge < -0.3 is 0 Å². The van der Waals surface area contributed by atoms with Gasteiger partial charge in [-0.3, -0.25) is 19.2 Å². The number of Topliss-reactive ketones (excluding diaryl/α,β-unsaturated/α-hetero) is 1. The Morgan fingerprint density at radius 1 is 0.750 bits per heavy atom. The molecule has 2 bridgehead atoms. The van der Waals surface area contributed by atoms with Crippen LogP contribution < -0.4 is 0 Å². The van der Waals surface area contributed by atoms with Gasteiger partial charge in [0.1, 0.15) is 6.54 Å². The summed E-state index contributed by atoms with van der Waals surface area (Å²) in [6, 6.07) is 23.5. The molecule has 40 heavy (non-hydrogen) atoms. The number of thiophene rings is 1. The predicted octanol–water partition coefficient (Wildman–Crippen LogP) is 6.19. The largest absolute Gasteiger partial charge is 0.291 e. The zero-order valence-electron chi connectivity index (χ0n) is 20.8. The summed E-state index contributed by atoms with van der Waals surface area (Å²) in [6.45, 7) is -0.480. The first-order valence-electron chi connectivity index (χ1n) is 12.8. The molecule has 1 aliphatic heterocycles. The molecule has 0 radical (unpaired) electrons. The van der Waals surface area contributed by atoms with Crippen molar-refractivity contribution in [2.24, 2.45) is 11.8 Å². The SMILES string of the molecule is O=C(CN(C(=O)c1ccc(Cl)c(Cl)c1)N1C(=O)[C@@H]2C3c4ccccc4C(c4ccccc43)[C@@H]2C1=O)c1cccs1. The molecule has 0 N–H and O–H groups in total. The van der Waals surface area contributed by atoms with E-state index in [4.69, 9.17) is 23.2 Å². The van der Waals surface area contributed by atoms with E-state index < -0.39 is 36.1 Å². The molecule has 1 aromatic heterocycles. The molecule has 0 saturated carbocycles. The lowest BCUT2D eigenvalue weighted by atomic mass is 9.55. The molecule has 3 amide bonds. The van der Waals surface area contributed by atoms with Gasteiger partial charge in [-0.05, 0) is 51.9 Å². The molecule has 3 aliphatic carbocycles. The minimum absolute atomic E-state index is 0.110. The molecular formula is C31H20Cl2N2O4S. The maximum absolute atomic E-state index is 14.3. The van der Waals surface area contributed by atoms with Crippen molar-refractivity contribution in [2.75, 3.05) is 6.54 Å². The number of ketones is 1. The van der Waals surface area contributed by atoms with Gasteiger partial charge in [0, 0.05) is 17.4 Å². The van der Waals surface area contributed by atoms with E-state index in [1.807, 2.05) is 48.5 Å². The molecule has 4 aliphatic rings. The minimum Gasteiger partial charge on any atom is -0.291 e. The number of imide groups is 1. The van der Waals surface area contributed by atoms with Gasteiger partial charge in [-0.1, -0.05) is 77.8 Å². The Morgan fingerprint density at radius 3 is 1.77 bits per heavy atom. The predicted molar refractivity (Wildman–Crippen MR) is 152 cm³/mol. The van der Waals surface area contributed by atoms with Gasteiger partial charge in [0.2, 0.25) is 0 Å². The third kappa shape index (κ3) is 3.61. The zero-order valence-corrected chi connectivity index (χ0v) is 23.1. The summed E-state index contributed by atoms with van der Waals surface area (Å²) in [4.78, 5) is 56.2. The number of hydrogen-bond donors (Lipinski definition) is 0. The molecule has 2 heterocycles. The normalized spacial score (nSPS) is 22.1. The number of rotatable bonds is 5. The maximum atomic E-state index is 14.3. The lowest BCUT2D eigenvalue weighted by Gasteiger charge is -2.45. The van der Waals surface area contributed by atoms with E-state index in [0.717, 1.165) is 32.3 Å². The van der Waals surface area contributed by atoms with Crippen molar-refractivity contribution in [1.29, 1.82) is 0 Å². The maximum Gasteiger partial charge on any atom is 0.273 e. The van der Waals surface area contributed by atoms with Crippen LogP contribution in [0.4, 0.5) is 0 Å². The fourth-order valence-corrected chi connectivity index (χ4v) is 7.52. The second-order valence-electron chi connectivity index (χ2n) is 10.1. The highest BCUT2D eigenvalue weighted by molar-refractivity contribution is 7.12. The summed E-state index contributed by atoms with van der Waals surface area (Å²) >= 11 is 13.5. The van der Waals surface area contributed by atoms with Gasteiger partial charge in [0.05, 0.1) is 26.8 Å². The van der Waals surface area contributed by atoms with E-state index in [1.165, 1.54) is 29.5 Å². The Labute approximate surface area is 243 Å². The molecule has 198 valence electrons. The van der Waals surface area contributed by atoms with Crippen molar-refractivity contribution in [3.05, 3.63) is 127 Å². The number of amides is 3. The Bertz CT molecular complexity index is 1620. The molecule has 0 unspecified atom stereocenters. The highest BCUT2D eigenvalue weighted by atomic mass is 35.5. The van der Waals surface area contributed by atoms with E-state index in [2.05, 4.69) is 0 Å². The molecule has 8 rings (SSSR count). The molecule has 1 fully saturated rings. The third-order valence-electron chi connectivity index (χ3n) is 8.16. The van der Waals surface area contributed by atoms with Gasteiger partial charge in [-0.2, -0.15) is 5.01 Å². The van der Waals surface area contributed by atoms with Crippen LogP contribution in [0.1, 0.15) is 54.1 Å². The minimum atomic E-state index is -0.691. The summed E-state index contributed by atoms with van der Waals surface area (Å²) in [7, 11) is 0. The molecule has 4 aromatic rings. The number of hydrazine groups is 1. The summed E-state index contributed by atoms with van der Waals surface area (Å²) < 4.78 is 0. The second kappa shape index (κ2) is 9.41. The highest BCUT2D eigenvalue weighted by Gasteiger charge is 2.63. The Hall–Kier alpha value is -3.78. The topological polar surface area (TPSA) is 74.8 Å². The number of carbonyl (C=O) groups is 4. The molecular weight excluding hydrogens is 567 g/mol. The fourth-order valence-electron chi connectivity index (χ4n) is 6.56. The van der Waals surface area contributed by atoms with Crippen LogP contribution in [0.25, 0.3) is 0 Å². The molecule has 6 nitrogen and oxygen atoms in total. The van der Waals surface area contributed by atoms with Crippen molar-refractivity contribution >= 4 is 58.0 Å². The van der Waals surface area contributed by atoms with E-state index in [-0.39, 0.29) is 33.2 Å². The van der Waals surface area contributed by atoms with Gasteiger partial charge in [-0.25, -0.2) is 5.01 Å². The van der Waals surface area contributed by atoms with Gasteiger partial charge in [0.15, 0.2) is 5.78 Å². The number of hydrogen-bond acceptors (Lipinski definition) is 5. The summed E-state index contributed by atoms with van der Waals surface area (Å²) in [5, 5.41) is 4.06. The molecule has 9 heteroatoms. The van der Waals surface area contributed by atoms with Gasteiger partial charge >= 0.3 is 0 Å². The number of halogens is 2. The molecule has 1 saturated heterocycles. The lowest BCUT2D eigenvalue weighted by Crippen LogP contribution is -2.52. The Balaban J connectivity index is 1.34. The molecule has 2 atom stereocenters. The first-order valence-corrected chi connectivity index (χ1v) is 14.4. The van der Waals surface area contributed by atoms with Crippen LogP contribution >= 0.6 is 34.5 Å². The smallest absolute Gasteiger partial charge is 0.273 e. The van der Waals surface area contributed by atoms with Crippen LogP contribution in [0.3, 0.4) is 0 Å². The number of benzene rings is 3. The first-order chi connectivity index (χ1) is 19.4. The van der Waals surface area contributed by atoms with Crippen LogP contribution in [-0.2, 0) is 9.59 Å². The summed E-state index contributed by atoms with van der Waals surface area (Å²) in [5.41, 5.74) is 4.19. The Kier molecular flexibility index (Phi) is 5.93. The van der Waals surface area contributed by atoms with Crippen LogP contribution in [0.5, 0.6) is 0 Å². The van der Waals surface area contributed by atoms with Crippen LogP contribution in [0, 0.1) is 11.8 Å². The monoisotopic (exact) mass is 586 g/mol. The first kappa shape index (κ1) is 25.2. The van der Waals surface area contributed by atoms with Gasteiger partial charge in [-0.15, -0.1) is 11.3 Å². The third-order valence-corrected chi connectivity index (χ3v) is 9.81. The van der Waals surface area contributed by atoms with Crippen LogP contribution in [0.15, 0.2) is 84.2 Å². The zero-order chi connectivity index (χ0) is 27.7. The van der Waals surface area contributed by atoms with E-state index >= 15 is 0 Å².